The van der Waals surface area contributed by atoms with Crippen molar-refractivity contribution in [2.45, 2.75) is 57.3 Å². The van der Waals surface area contributed by atoms with E-state index in [0.717, 1.165) is 51.5 Å². The van der Waals surface area contributed by atoms with Gasteiger partial charge >= 0.3 is 0 Å². The van der Waals surface area contributed by atoms with Gasteiger partial charge in [-0.25, -0.2) is 4.99 Å². The zero-order valence-electron chi connectivity index (χ0n) is 19.4. The van der Waals surface area contributed by atoms with Crippen LogP contribution in [0.3, 0.4) is 0 Å². The number of aliphatic hydroxyl groups is 1. The first-order chi connectivity index (χ1) is 15.1. The first kappa shape index (κ1) is 27.0. The molecule has 0 saturated carbocycles. The highest BCUT2D eigenvalue weighted by Crippen LogP contribution is 2.21. The van der Waals surface area contributed by atoms with E-state index in [2.05, 4.69) is 78.1 Å². The lowest BCUT2D eigenvalue weighted by Gasteiger charge is -2.29. The third-order valence-electron chi connectivity index (χ3n) is 5.64. The van der Waals surface area contributed by atoms with Crippen molar-refractivity contribution >= 4 is 41.7 Å². The molecule has 176 valence electrons. The van der Waals surface area contributed by atoms with Crippen LogP contribution in [-0.2, 0) is 19.6 Å². The number of aryl methyl sites for hydroxylation is 1. The molecule has 3 N–H and O–H groups in total. The summed E-state index contributed by atoms with van der Waals surface area (Å²) in [6, 6.07) is 15.3. The van der Waals surface area contributed by atoms with Crippen LogP contribution in [0.1, 0.15) is 42.0 Å². The average molecular weight is 569 g/mol. The molecule has 0 radical (unpaired) electrons. The first-order valence-electron chi connectivity index (χ1n) is 11.2. The van der Waals surface area contributed by atoms with Gasteiger partial charge in [-0.3, -0.25) is 4.90 Å². The molecule has 0 spiro atoms. The number of likely N-dealkylation sites (tertiary alicyclic amines) is 1. The Balaban J connectivity index is 0.00000363. The van der Waals surface area contributed by atoms with E-state index < -0.39 is 0 Å². The smallest absolute Gasteiger partial charge is 0.191 e. The Labute approximate surface area is 214 Å². The molecule has 1 aliphatic heterocycles. The topological polar surface area (TPSA) is 59.9 Å². The second kappa shape index (κ2) is 14.1. The second-order valence-corrected chi connectivity index (χ2v) is 9.04. The van der Waals surface area contributed by atoms with Gasteiger partial charge < -0.3 is 15.7 Å². The van der Waals surface area contributed by atoms with Crippen molar-refractivity contribution in [1.29, 1.82) is 0 Å². The van der Waals surface area contributed by atoms with Crippen molar-refractivity contribution in [3.8, 4) is 0 Å². The fourth-order valence-corrected chi connectivity index (χ4v) is 4.48. The Kier molecular flexibility index (Phi) is 11.9. The maximum atomic E-state index is 9.66. The second-order valence-electron chi connectivity index (χ2n) is 8.19. The first-order valence-corrected chi connectivity index (χ1v) is 12.4. The SMILES string of the molecule is CCNC(=NCc1ccc(CN2CCC(O)CC2)cc1)NCc1ccc(C)cc1SC.I. The van der Waals surface area contributed by atoms with Crippen LogP contribution in [0.25, 0.3) is 0 Å². The quantitative estimate of drug-likeness (QED) is 0.189. The van der Waals surface area contributed by atoms with Crippen LogP contribution in [0.2, 0.25) is 0 Å². The van der Waals surface area contributed by atoms with E-state index in [0.29, 0.717) is 6.54 Å². The molecule has 2 aromatic rings. The molecule has 1 aliphatic rings. The maximum Gasteiger partial charge on any atom is 0.191 e. The van der Waals surface area contributed by atoms with Gasteiger partial charge in [-0.2, -0.15) is 0 Å². The van der Waals surface area contributed by atoms with Gasteiger partial charge in [0.1, 0.15) is 0 Å². The van der Waals surface area contributed by atoms with Gasteiger partial charge in [0.05, 0.1) is 12.6 Å². The number of thioether (sulfide) groups is 1. The fourth-order valence-electron chi connectivity index (χ4n) is 3.77. The van der Waals surface area contributed by atoms with E-state index >= 15 is 0 Å². The molecule has 32 heavy (non-hydrogen) atoms. The summed E-state index contributed by atoms with van der Waals surface area (Å²) >= 11 is 1.78. The third kappa shape index (κ3) is 8.57. The number of aliphatic hydroxyl groups excluding tert-OH is 1. The van der Waals surface area contributed by atoms with E-state index in [-0.39, 0.29) is 30.1 Å². The number of nitrogens with zero attached hydrogens (tertiary/aromatic N) is 2. The Morgan fingerprint density at radius 2 is 1.78 bits per heavy atom. The van der Waals surface area contributed by atoms with Crippen LogP contribution in [0.5, 0.6) is 0 Å². The molecule has 1 fully saturated rings. The number of piperidine rings is 1. The molecule has 3 rings (SSSR count). The molecule has 7 heteroatoms. The highest BCUT2D eigenvalue weighted by Gasteiger charge is 2.16. The van der Waals surface area contributed by atoms with Crippen LogP contribution >= 0.6 is 35.7 Å². The molecule has 0 amide bonds. The summed E-state index contributed by atoms with van der Waals surface area (Å²) in [5.74, 6) is 0.839. The van der Waals surface area contributed by atoms with E-state index in [1.54, 1.807) is 11.8 Å². The van der Waals surface area contributed by atoms with Crippen LogP contribution in [0, 0.1) is 6.92 Å². The molecule has 1 heterocycles. The highest BCUT2D eigenvalue weighted by molar-refractivity contribution is 14.0. The lowest BCUT2D eigenvalue weighted by molar-refractivity contribution is 0.0792. The van der Waals surface area contributed by atoms with Crippen molar-refractivity contribution in [2.24, 2.45) is 4.99 Å². The monoisotopic (exact) mass is 568 g/mol. The largest absolute Gasteiger partial charge is 0.393 e. The number of hydrogen-bond acceptors (Lipinski definition) is 4. The van der Waals surface area contributed by atoms with Gasteiger partial charge in [0.15, 0.2) is 5.96 Å². The number of rotatable bonds is 8. The Morgan fingerprint density at radius 1 is 1.09 bits per heavy atom. The molecular weight excluding hydrogens is 531 g/mol. The lowest BCUT2D eigenvalue weighted by atomic mass is 10.1. The van der Waals surface area contributed by atoms with Crippen molar-refractivity contribution in [3.63, 3.8) is 0 Å². The summed E-state index contributed by atoms with van der Waals surface area (Å²) in [5.41, 5.74) is 5.10. The van der Waals surface area contributed by atoms with E-state index in [1.807, 2.05) is 0 Å². The van der Waals surface area contributed by atoms with Crippen molar-refractivity contribution in [2.75, 3.05) is 25.9 Å². The molecule has 0 unspecified atom stereocenters. The number of guanidine groups is 1. The van der Waals surface area contributed by atoms with Gasteiger partial charge in [-0.1, -0.05) is 36.4 Å². The lowest BCUT2D eigenvalue weighted by Crippen LogP contribution is -2.36. The molecule has 1 saturated heterocycles. The van der Waals surface area contributed by atoms with Crippen molar-refractivity contribution < 1.29 is 5.11 Å². The zero-order valence-corrected chi connectivity index (χ0v) is 22.6. The number of halogens is 1. The van der Waals surface area contributed by atoms with E-state index in [9.17, 15) is 5.11 Å². The average Bonchev–Trinajstić information content (AvgIpc) is 2.78. The molecule has 5 nitrogen and oxygen atoms in total. The molecule has 0 aliphatic carbocycles. The summed E-state index contributed by atoms with van der Waals surface area (Å²) in [4.78, 5) is 8.50. The summed E-state index contributed by atoms with van der Waals surface area (Å²) in [6.07, 6.45) is 3.77. The minimum Gasteiger partial charge on any atom is -0.393 e. The number of benzene rings is 2. The summed E-state index contributed by atoms with van der Waals surface area (Å²) in [6.45, 7) is 9.36. The number of hydrogen-bond donors (Lipinski definition) is 3. The van der Waals surface area contributed by atoms with Gasteiger partial charge in [-0.05, 0) is 61.3 Å². The standard InChI is InChI=1S/C25H36N4OS.HI/c1-4-26-25(28-17-22-10-5-19(2)15-24(22)31-3)27-16-20-6-8-21(9-7-20)18-29-13-11-23(30)12-14-29;/h5-10,15,23,30H,4,11-14,16-18H2,1-3H3,(H2,26,27,28);1H. The van der Waals surface area contributed by atoms with E-state index in [4.69, 9.17) is 4.99 Å². The zero-order chi connectivity index (χ0) is 22.1. The van der Waals surface area contributed by atoms with Gasteiger partial charge in [-0.15, -0.1) is 35.7 Å². The molecule has 0 atom stereocenters. The molecule has 0 bridgehead atoms. The molecular formula is C25H37IN4OS. The predicted molar refractivity (Wildman–Crippen MR) is 147 cm³/mol. The van der Waals surface area contributed by atoms with Crippen LogP contribution < -0.4 is 10.6 Å². The highest BCUT2D eigenvalue weighted by atomic mass is 127. The third-order valence-corrected chi connectivity index (χ3v) is 6.46. The predicted octanol–water partition coefficient (Wildman–Crippen LogP) is 4.55. The normalized spacial score (nSPS) is 15.3. The van der Waals surface area contributed by atoms with Crippen LogP contribution in [-0.4, -0.2) is 48.0 Å². The minimum atomic E-state index is -0.116. The molecule has 0 aromatic heterocycles. The fraction of sp³-hybridized carbons (Fsp3) is 0.480. The van der Waals surface area contributed by atoms with Gasteiger partial charge in [0, 0.05) is 37.6 Å². The Morgan fingerprint density at radius 3 is 2.44 bits per heavy atom. The Hall–Kier alpha value is -1.29. The van der Waals surface area contributed by atoms with Crippen molar-refractivity contribution in [3.05, 3.63) is 64.7 Å². The van der Waals surface area contributed by atoms with Gasteiger partial charge in [0.2, 0.25) is 0 Å². The summed E-state index contributed by atoms with van der Waals surface area (Å²) in [7, 11) is 0. The summed E-state index contributed by atoms with van der Waals surface area (Å²) < 4.78 is 0. The number of nitrogens with one attached hydrogen (secondary N) is 2. The van der Waals surface area contributed by atoms with E-state index in [1.165, 1.54) is 27.1 Å². The van der Waals surface area contributed by atoms with Crippen LogP contribution in [0.4, 0.5) is 0 Å². The van der Waals surface area contributed by atoms with Gasteiger partial charge in [0.25, 0.3) is 0 Å². The van der Waals surface area contributed by atoms with Crippen molar-refractivity contribution in [1.82, 2.24) is 15.5 Å². The number of aliphatic imine (C=N–C) groups is 1. The molecule has 2 aromatic carbocycles. The maximum absolute atomic E-state index is 9.66. The minimum absolute atomic E-state index is 0. The summed E-state index contributed by atoms with van der Waals surface area (Å²) in [5, 5.41) is 16.5. The van der Waals surface area contributed by atoms with Crippen LogP contribution in [0.15, 0.2) is 52.4 Å². The Bertz CT molecular complexity index is 852.